The molecule has 12 heteroatoms. The van der Waals surface area contributed by atoms with E-state index in [9.17, 15) is 9.59 Å². The van der Waals surface area contributed by atoms with Crippen molar-refractivity contribution in [2.75, 3.05) is 23.1 Å². The Labute approximate surface area is 231 Å². The van der Waals surface area contributed by atoms with E-state index in [4.69, 9.17) is 9.47 Å². The maximum Gasteiger partial charge on any atom is 0.420 e. The number of benzene rings is 2. The number of hydrogen-bond donors (Lipinski definition) is 3. The predicted molar refractivity (Wildman–Crippen MR) is 151 cm³/mol. The van der Waals surface area contributed by atoms with Crippen LogP contribution < -0.4 is 25.4 Å². The molecule has 0 bridgehead atoms. The van der Waals surface area contributed by atoms with E-state index in [2.05, 4.69) is 41.8 Å². The molecular formula is C27H24BrN7O4. The first kappa shape index (κ1) is 25.8. The highest BCUT2D eigenvalue weighted by Gasteiger charge is 2.13. The van der Waals surface area contributed by atoms with Crippen molar-refractivity contribution in [1.82, 2.24) is 19.1 Å². The van der Waals surface area contributed by atoms with Gasteiger partial charge in [0.2, 0.25) is 0 Å². The second kappa shape index (κ2) is 11.3. The predicted octanol–water partition coefficient (Wildman–Crippen LogP) is 5.84. The van der Waals surface area contributed by atoms with Gasteiger partial charge in [-0.3, -0.25) is 5.32 Å². The quantitative estimate of drug-likeness (QED) is 0.219. The highest BCUT2D eigenvalue weighted by molar-refractivity contribution is 9.10. The Morgan fingerprint density at radius 2 is 1.79 bits per heavy atom. The van der Waals surface area contributed by atoms with Crippen LogP contribution in [0.25, 0.3) is 10.9 Å². The number of nitrogens with one attached hydrogen (secondary N) is 3. The van der Waals surface area contributed by atoms with E-state index < -0.39 is 12.1 Å². The lowest BCUT2D eigenvalue weighted by Crippen LogP contribution is -2.20. The zero-order valence-corrected chi connectivity index (χ0v) is 22.6. The van der Waals surface area contributed by atoms with Crippen molar-refractivity contribution in [2.45, 2.75) is 6.54 Å². The number of carbonyl (C=O) groups excluding carboxylic acids is 2. The lowest BCUT2D eigenvalue weighted by molar-refractivity contribution is 0.209. The molecule has 0 saturated carbocycles. The van der Waals surface area contributed by atoms with Crippen LogP contribution in [0.1, 0.15) is 5.56 Å². The molecule has 0 aliphatic heterocycles. The number of amides is 3. The molecule has 0 atom stereocenters. The van der Waals surface area contributed by atoms with E-state index in [1.54, 1.807) is 49.3 Å². The van der Waals surface area contributed by atoms with Crippen molar-refractivity contribution < 1.29 is 19.1 Å². The van der Waals surface area contributed by atoms with Crippen molar-refractivity contribution in [2.24, 2.45) is 7.05 Å². The van der Waals surface area contributed by atoms with Gasteiger partial charge >= 0.3 is 18.1 Å². The zero-order chi connectivity index (χ0) is 27.4. The fourth-order valence-electron chi connectivity index (χ4n) is 4.03. The molecule has 198 valence electrons. The molecule has 0 fully saturated rings. The average molecular weight is 590 g/mol. The minimum Gasteiger partial charge on any atom is -0.495 e. The molecule has 5 rings (SSSR count). The molecule has 5 aromatic rings. The smallest absolute Gasteiger partial charge is 0.420 e. The van der Waals surface area contributed by atoms with E-state index in [1.165, 1.54) is 6.20 Å². The standard InChI is InChI=1S/C27H24BrN7O4/c1-34-13-11-30-26(34)39-27(37)33-24-14-17(8-10-29-24)16-35-12-9-19-20(4-3-5-22(19)35)31-25(36)32-21-15-18(28)6-7-23(21)38-2/h3-15H,16H2,1-2H3,(H,29,33,37)(H2,31,32,36). The number of aryl methyl sites for hydroxylation is 1. The van der Waals surface area contributed by atoms with Gasteiger partial charge in [0.05, 0.1) is 24.0 Å². The Morgan fingerprint density at radius 1 is 0.949 bits per heavy atom. The molecule has 39 heavy (non-hydrogen) atoms. The van der Waals surface area contributed by atoms with Gasteiger partial charge in [0, 0.05) is 48.2 Å². The summed E-state index contributed by atoms with van der Waals surface area (Å²) in [5, 5.41) is 9.25. The fraction of sp³-hybridized carbons (Fsp3) is 0.111. The molecule has 0 radical (unpaired) electrons. The molecular weight excluding hydrogens is 566 g/mol. The Bertz CT molecular complexity index is 1660. The third-order valence-corrected chi connectivity index (χ3v) is 6.33. The summed E-state index contributed by atoms with van der Waals surface area (Å²) in [4.78, 5) is 33.2. The first-order valence-corrected chi connectivity index (χ1v) is 12.6. The van der Waals surface area contributed by atoms with Crippen LogP contribution in [0.2, 0.25) is 0 Å². The minimum absolute atomic E-state index is 0.177. The summed E-state index contributed by atoms with van der Waals surface area (Å²) in [6.45, 7) is 0.514. The van der Waals surface area contributed by atoms with E-state index in [1.807, 2.05) is 47.2 Å². The maximum atomic E-state index is 12.8. The van der Waals surface area contributed by atoms with Crippen molar-refractivity contribution in [3.63, 3.8) is 0 Å². The number of anilines is 3. The first-order chi connectivity index (χ1) is 18.9. The summed E-state index contributed by atoms with van der Waals surface area (Å²) in [6.07, 6.45) is 6.08. The van der Waals surface area contributed by atoms with Crippen molar-refractivity contribution in [3.05, 3.63) is 89.4 Å². The second-order valence-electron chi connectivity index (χ2n) is 8.49. The van der Waals surface area contributed by atoms with Crippen LogP contribution in [0.15, 0.2) is 83.9 Å². The number of aromatic nitrogens is 4. The Kier molecular flexibility index (Phi) is 7.46. The van der Waals surface area contributed by atoms with Crippen molar-refractivity contribution in [1.29, 1.82) is 0 Å². The van der Waals surface area contributed by atoms with Gasteiger partial charge in [0.25, 0.3) is 0 Å². The summed E-state index contributed by atoms with van der Waals surface area (Å²) in [5.41, 5.74) is 3.04. The van der Waals surface area contributed by atoms with E-state index >= 15 is 0 Å². The molecule has 0 spiro atoms. The summed E-state index contributed by atoms with van der Waals surface area (Å²) in [5.74, 6) is 0.902. The molecule has 0 aliphatic carbocycles. The van der Waals surface area contributed by atoms with E-state index in [0.29, 0.717) is 29.5 Å². The van der Waals surface area contributed by atoms with Gasteiger partial charge in [0.15, 0.2) is 0 Å². The highest BCUT2D eigenvalue weighted by atomic mass is 79.9. The summed E-state index contributed by atoms with van der Waals surface area (Å²) >= 11 is 3.41. The van der Waals surface area contributed by atoms with E-state index in [-0.39, 0.29) is 6.01 Å². The lowest BCUT2D eigenvalue weighted by atomic mass is 10.2. The number of halogens is 1. The largest absolute Gasteiger partial charge is 0.495 e. The van der Waals surface area contributed by atoms with Gasteiger partial charge in [-0.1, -0.05) is 22.0 Å². The minimum atomic E-state index is -0.685. The lowest BCUT2D eigenvalue weighted by Gasteiger charge is -2.13. The summed E-state index contributed by atoms with van der Waals surface area (Å²) < 4.78 is 15.0. The van der Waals surface area contributed by atoms with Gasteiger partial charge in [0.1, 0.15) is 11.6 Å². The molecule has 3 N–H and O–H groups in total. The normalized spacial score (nSPS) is 10.7. The van der Waals surface area contributed by atoms with Gasteiger partial charge in [-0.2, -0.15) is 0 Å². The number of methoxy groups -OCH3 is 1. The van der Waals surface area contributed by atoms with Crippen LogP contribution in [0.4, 0.5) is 26.8 Å². The van der Waals surface area contributed by atoms with E-state index in [0.717, 1.165) is 20.9 Å². The van der Waals surface area contributed by atoms with Gasteiger partial charge < -0.3 is 29.2 Å². The monoisotopic (exact) mass is 589 g/mol. The van der Waals surface area contributed by atoms with Crippen LogP contribution in [-0.2, 0) is 13.6 Å². The van der Waals surface area contributed by atoms with Crippen molar-refractivity contribution in [3.8, 4) is 11.8 Å². The SMILES string of the molecule is COc1ccc(Br)cc1NC(=O)Nc1cccc2c1ccn2Cc1ccnc(NC(=O)Oc2nccn2C)c1. The number of nitrogens with zero attached hydrogens (tertiary/aromatic N) is 4. The molecule has 0 aliphatic rings. The zero-order valence-electron chi connectivity index (χ0n) is 21.0. The van der Waals surface area contributed by atoms with Crippen LogP contribution in [0.3, 0.4) is 0 Å². The first-order valence-electron chi connectivity index (χ1n) is 11.8. The molecule has 3 heterocycles. The molecule has 3 amide bonds. The number of carbonyl (C=O) groups is 2. The van der Waals surface area contributed by atoms with Crippen LogP contribution >= 0.6 is 15.9 Å². The van der Waals surface area contributed by atoms with Gasteiger partial charge in [-0.25, -0.2) is 19.6 Å². The van der Waals surface area contributed by atoms with Crippen LogP contribution in [-0.4, -0.2) is 38.3 Å². The number of urea groups is 1. The maximum absolute atomic E-state index is 12.8. The number of hydrogen-bond acceptors (Lipinski definition) is 6. The number of imidazole rings is 1. The van der Waals surface area contributed by atoms with Crippen LogP contribution in [0, 0.1) is 0 Å². The Hall–Kier alpha value is -4.84. The summed E-state index contributed by atoms with van der Waals surface area (Å²) in [6, 6.07) is 16.4. The Morgan fingerprint density at radius 3 is 2.59 bits per heavy atom. The molecule has 0 unspecified atom stereocenters. The third-order valence-electron chi connectivity index (χ3n) is 5.84. The highest BCUT2D eigenvalue weighted by Crippen LogP contribution is 2.29. The number of ether oxygens (including phenoxy) is 2. The molecule has 0 saturated heterocycles. The fourth-order valence-corrected chi connectivity index (χ4v) is 4.39. The number of pyridine rings is 1. The Balaban J connectivity index is 1.28. The molecule has 3 aromatic heterocycles. The summed E-state index contributed by atoms with van der Waals surface area (Å²) in [7, 11) is 3.27. The third kappa shape index (κ3) is 6.02. The van der Waals surface area contributed by atoms with Gasteiger partial charge in [-0.15, -0.1) is 0 Å². The second-order valence-corrected chi connectivity index (χ2v) is 9.41. The van der Waals surface area contributed by atoms with Crippen LogP contribution in [0.5, 0.6) is 11.8 Å². The average Bonchev–Trinajstić information content (AvgIpc) is 3.50. The number of fused-ring (bicyclic) bond motifs is 1. The van der Waals surface area contributed by atoms with Crippen molar-refractivity contribution >= 4 is 56.1 Å². The number of rotatable bonds is 7. The topological polar surface area (TPSA) is 124 Å². The molecule has 11 nitrogen and oxygen atoms in total. The van der Waals surface area contributed by atoms with Gasteiger partial charge in [-0.05, 0) is 54.1 Å². The molecule has 2 aromatic carbocycles.